The standard InChI is InChI=1S/C16H17N3O4/c1-10(12-5-3-4-6-15(12)19(21)22)23-16(20)14-7-13(14)11-8-17-18(2)9-11/h3-6,8-10,13-14H,7H2,1-2H3/t10-,13-,14-/m0/s1. The lowest BCUT2D eigenvalue weighted by molar-refractivity contribution is -0.386. The van der Waals surface area contributed by atoms with E-state index in [1.807, 2.05) is 13.2 Å². The number of rotatable bonds is 5. The predicted octanol–water partition coefficient (Wildman–Crippen LogP) is 2.74. The van der Waals surface area contributed by atoms with E-state index in [1.54, 1.807) is 36.0 Å². The first-order chi connectivity index (χ1) is 11.0. The number of para-hydroxylation sites is 1. The Hall–Kier alpha value is -2.70. The highest BCUT2D eigenvalue weighted by Gasteiger charge is 2.46. The number of benzene rings is 1. The molecule has 3 atom stereocenters. The normalized spacial score (nSPS) is 20.8. The number of hydrogen-bond acceptors (Lipinski definition) is 5. The summed E-state index contributed by atoms with van der Waals surface area (Å²) in [7, 11) is 1.83. The van der Waals surface area contributed by atoms with Crippen molar-refractivity contribution in [2.75, 3.05) is 0 Å². The van der Waals surface area contributed by atoms with E-state index < -0.39 is 11.0 Å². The van der Waals surface area contributed by atoms with Gasteiger partial charge in [-0.25, -0.2) is 0 Å². The number of ether oxygens (including phenoxy) is 1. The van der Waals surface area contributed by atoms with Crippen LogP contribution in [-0.4, -0.2) is 20.7 Å². The van der Waals surface area contributed by atoms with E-state index in [-0.39, 0.29) is 23.5 Å². The molecule has 1 fully saturated rings. The lowest BCUT2D eigenvalue weighted by Gasteiger charge is -2.13. The van der Waals surface area contributed by atoms with Crippen LogP contribution in [0.5, 0.6) is 0 Å². The molecule has 1 aliphatic carbocycles. The van der Waals surface area contributed by atoms with Crippen LogP contribution in [-0.2, 0) is 16.6 Å². The van der Waals surface area contributed by atoms with Gasteiger partial charge in [-0.05, 0) is 25.0 Å². The summed E-state index contributed by atoms with van der Waals surface area (Å²) < 4.78 is 7.14. The third-order valence-corrected chi connectivity index (χ3v) is 4.11. The molecule has 0 unspecified atom stereocenters. The van der Waals surface area contributed by atoms with Crippen molar-refractivity contribution in [1.82, 2.24) is 9.78 Å². The van der Waals surface area contributed by atoms with Gasteiger partial charge in [0.05, 0.1) is 22.6 Å². The van der Waals surface area contributed by atoms with Crippen molar-refractivity contribution in [3.63, 3.8) is 0 Å². The van der Waals surface area contributed by atoms with Crippen LogP contribution >= 0.6 is 0 Å². The van der Waals surface area contributed by atoms with Crippen LogP contribution in [0.25, 0.3) is 0 Å². The quantitative estimate of drug-likeness (QED) is 0.481. The molecule has 120 valence electrons. The van der Waals surface area contributed by atoms with Crippen LogP contribution in [0.15, 0.2) is 36.7 Å². The van der Waals surface area contributed by atoms with Crippen LogP contribution in [0.2, 0.25) is 0 Å². The molecule has 1 saturated carbocycles. The second-order valence-electron chi connectivity index (χ2n) is 5.79. The average molecular weight is 315 g/mol. The maximum atomic E-state index is 12.2. The Balaban J connectivity index is 1.66. The number of nitro benzene ring substituents is 1. The maximum absolute atomic E-state index is 12.2. The zero-order valence-corrected chi connectivity index (χ0v) is 12.9. The van der Waals surface area contributed by atoms with Crippen LogP contribution in [0.3, 0.4) is 0 Å². The summed E-state index contributed by atoms with van der Waals surface area (Å²) in [4.78, 5) is 22.8. The molecular weight excluding hydrogens is 298 g/mol. The number of carbonyl (C=O) groups is 1. The second kappa shape index (κ2) is 5.83. The molecule has 23 heavy (non-hydrogen) atoms. The van der Waals surface area contributed by atoms with Gasteiger partial charge in [0.2, 0.25) is 0 Å². The van der Waals surface area contributed by atoms with Gasteiger partial charge in [-0.15, -0.1) is 0 Å². The number of nitrogens with zero attached hydrogens (tertiary/aromatic N) is 3. The van der Waals surface area contributed by atoms with E-state index in [0.717, 1.165) is 12.0 Å². The van der Waals surface area contributed by atoms with Gasteiger partial charge in [-0.1, -0.05) is 12.1 Å². The van der Waals surface area contributed by atoms with Crippen molar-refractivity contribution in [3.05, 3.63) is 57.9 Å². The van der Waals surface area contributed by atoms with E-state index in [4.69, 9.17) is 4.74 Å². The van der Waals surface area contributed by atoms with E-state index in [1.165, 1.54) is 6.07 Å². The van der Waals surface area contributed by atoms with Crippen molar-refractivity contribution in [1.29, 1.82) is 0 Å². The first-order valence-electron chi connectivity index (χ1n) is 7.39. The Morgan fingerprint density at radius 2 is 2.22 bits per heavy atom. The molecular formula is C16H17N3O4. The minimum absolute atomic E-state index is 0.0348. The molecule has 7 heteroatoms. The number of aromatic nitrogens is 2. The lowest BCUT2D eigenvalue weighted by atomic mass is 10.1. The predicted molar refractivity (Wildman–Crippen MR) is 81.7 cm³/mol. The van der Waals surface area contributed by atoms with Crippen LogP contribution in [0.4, 0.5) is 5.69 Å². The molecule has 0 amide bonds. The summed E-state index contributed by atoms with van der Waals surface area (Å²) in [5.41, 5.74) is 1.39. The highest BCUT2D eigenvalue weighted by molar-refractivity contribution is 5.77. The Bertz CT molecular complexity index is 755. The molecule has 7 nitrogen and oxygen atoms in total. The summed E-state index contributed by atoms with van der Waals surface area (Å²) in [5.74, 6) is -0.372. The fraction of sp³-hybridized carbons (Fsp3) is 0.375. The summed E-state index contributed by atoms with van der Waals surface area (Å²) in [6, 6.07) is 6.31. The first kappa shape index (κ1) is 15.2. The molecule has 0 aliphatic heterocycles. The number of carbonyl (C=O) groups excluding carboxylic acids is 1. The Morgan fingerprint density at radius 3 is 2.87 bits per heavy atom. The number of esters is 1. The molecule has 1 heterocycles. The van der Waals surface area contributed by atoms with Gasteiger partial charge in [-0.3, -0.25) is 19.6 Å². The molecule has 1 aromatic carbocycles. The third-order valence-electron chi connectivity index (χ3n) is 4.11. The number of nitro groups is 1. The first-order valence-corrected chi connectivity index (χ1v) is 7.39. The summed E-state index contributed by atoms with van der Waals surface area (Å²) in [6.45, 7) is 1.65. The van der Waals surface area contributed by atoms with E-state index in [9.17, 15) is 14.9 Å². The molecule has 1 aromatic heterocycles. The van der Waals surface area contributed by atoms with Crippen molar-refractivity contribution in [3.8, 4) is 0 Å². The Kier molecular flexibility index (Phi) is 3.85. The van der Waals surface area contributed by atoms with Crippen LogP contribution in [0, 0.1) is 16.0 Å². The van der Waals surface area contributed by atoms with Crippen molar-refractivity contribution in [2.24, 2.45) is 13.0 Å². The molecule has 3 rings (SSSR count). The van der Waals surface area contributed by atoms with E-state index >= 15 is 0 Å². The van der Waals surface area contributed by atoms with Crippen molar-refractivity contribution in [2.45, 2.75) is 25.4 Å². The van der Waals surface area contributed by atoms with Gasteiger partial charge < -0.3 is 4.74 Å². The number of hydrogen-bond donors (Lipinski definition) is 0. The summed E-state index contributed by atoms with van der Waals surface area (Å²) in [5, 5.41) is 15.2. The maximum Gasteiger partial charge on any atom is 0.310 e. The third kappa shape index (κ3) is 3.08. The van der Waals surface area contributed by atoms with Gasteiger partial charge in [-0.2, -0.15) is 5.10 Å². The molecule has 0 radical (unpaired) electrons. The second-order valence-corrected chi connectivity index (χ2v) is 5.79. The Morgan fingerprint density at radius 1 is 1.48 bits per heavy atom. The average Bonchev–Trinajstić information content (AvgIpc) is 3.22. The van der Waals surface area contributed by atoms with Gasteiger partial charge in [0.25, 0.3) is 5.69 Å². The fourth-order valence-corrected chi connectivity index (χ4v) is 2.78. The lowest BCUT2D eigenvalue weighted by Crippen LogP contribution is -2.12. The SMILES string of the molecule is C[C@H](OC(=O)[C@H]1C[C@H]1c1cnn(C)c1)c1ccccc1[N+](=O)[O-]. The van der Waals surface area contributed by atoms with Crippen LogP contribution in [0.1, 0.15) is 36.5 Å². The molecule has 0 bridgehead atoms. The highest BCUT2D eigenvalue weighted by Crippen LogP contribution is 2.48. The number of aryl methyl sites for hydroxylation is 1. The summed E-state index contributed by atoms with van der Waals surface area (Å²) >= 11 is 0. The molecule has 2 aromatic rings. The fourth-order valence-electron chi connectivity index (χ4n) is 2.78. The van der Waals surface area contributed by atoms with Crippen LogP contribution < -0.4 is 0 Å². The van der Waals surface area contributed by atoms with E-state index in [2.05, 4.69) is 5.10 Å². The molecule has 1 aliphatic rings. The van der Waals surface area contributed by atoms with Gasteiger partial charge in [0, 0.05) is 25.2 Å². The smallest absolute Gasteiger partial charge is 0.310 e. The Labute approximate surface area is 133 Å². The van der Waals surface area contributed by atoms with Gasteiger partial charge in [0.1, 0.15) is 6.10 Å². The summed E-state index contributed by atoms with van der Waals surface area (Å²) in [6.07, 6.45) is 3.72. The molecule has 0 spiro atoms. The van der Waals surface area contributed by atoms with E-state index in [0.29, 0.717) is 5.56 Å². The van der Waals surface area contributed by atoms with Crippen molar-refractivity contribution >= 4 is 11.7 Å². The van der Waals surface area contributed by atoms with Gasteiger partial charge in [0.15, 0.2) is 0 Å². The largest absolute Gasteiger partial charge is 0.457 e. The molecule has 0 saturated heterocycles. The minimum atomic E-state index is -0.653. The monoisotopic (exact) mass is 315 g/mol. The topological polar surface area (TPSA) is 87.3 Å². The zero-order chi connectivity index (χ0) is 16.6. The minimum Gasteiger partial charge on any atom is -0.457 e. The zero-order valence-electron chi connectivity index (χ0n) is 12.9. The van der Waals surface area contributed by atoms with Gasteiger partial charge >= 0.3 is 5.97 Å². The highest BCUT2D eigenvalue weighted by atomic mass is 16.6. The molecule has 0 N–H and O–H groups in total. The van der Waals surface area contributed by atoms with Crippen molar-refractivity contribution < 1.29 is 14.5 Å².